The highest BCUT2D eigenvalue weighted by Gasteiger charge is 2.55. The molecular formula is C19H20FN3O4. The third kappa shape index (κ3) is 2.71. The SMILES string of the molecule is Cc1c(C(=O)N2C[C@H]3COCC[C@@]3(C(=O)O)C2)cnn1-c1ccccc1F. The Morgan fingerprint density at radius 2 is 2.15 bits per heavy atom. The second-order valence-electron chi connectivity index (χ2n) is 7.18. The number of carboxylic acid groups (broad SMARTS) is 1. The Hall–Kier alpha value is -2.74. The summed E-state index contributed by atoms with van der Waals surface area (Å²) in [5.74, 6) is -1.83. The summed E-state index contributed by atoms with van der Waals surface area (Å²) in [6, 6.07) is 6.20. The van der Waals surface area contributed by atoms with Crippen LogP contribution in [0.1, 0.15) is 22.5 Å². The molecule has 2 fully saturated rings. The van der Waals surface area contributed by atoms with Crippen LogP contribution < -0.4 is 0 Å². The van der Waals surface area contributed by atoms with Gasteiger partial charge in [0.15, 0.2) is 0 Å². The van der Waals surface area contributed by atoms with Crippen molar-refractivity contribution in [3.05, 3.63) is 47.5 Å². The van der Waals surface area contributed by atoms with Crippen LogP contribution >= 0.6 is 0 Å². The number of rotatable bonds is 3. The molecule has 1 N–H and O–H groups in total. The zero-order valence-corrected chi connectivity index (χ0v) is 14.9. The first-order valence-electron chi connectivity index (χ1n) is 8.84. The van der Waals surface area contributed by atoms with Crippen LogP contribution in [-0.4, -0.2) is 58.0 Å². The Morgan fingerprint density at radius 1 is 1.37 bits per heavy atom. The number of benzene rings is 1. The molecule has 2 saturated heterocycles. The molecule has 0 unspecified atom stereocenters. The van der Waals surface area contributed by atoms with Crippen molar-refractivity contribution in [2.45, 2.75) is 13.3 Å². The van der Waals surface area contributed by atoms with Crippen molar-refractivity contribution >= 4 is 11.9 Å². The van der Waals surface area contributed by atoms with E-state index in [1.54, 1.807) is 30.0 Å². The van der Waals surface area contributed by atoms with Gasteiger partial charge in [-0.25, -0.2) is 9.07 Å². The van der Waals surface area contributed by atoms with Crippen LogP contribution in [0.3, 0.4) is 0 Å². The number of carbonyl (C=O) groups is 2. The summed E-state index contributed by atoms with van der Waals surface area (Å²) in [4.78, 5) is 26.5. The summed E-state index contributed by atoms with van der Waals surface area (Å²) < 4.78 is 20.9. The number of fused-ring (bicyclic) bond motifs is 1. The molecule has 2 aliphatic heterocycles. The number of halogens is 1. The molecule has 7 nitrogen and oxygen atoms in total. The minimum Gasteiger partial charge on any atom is -0.481 e. The largest absolute Gasteiger partial charge is 0.481 e. The van der Waals surface area contributed by atoms with Gasteiger partial charge in [-0.3, -0.25) is 9.59 Å². The van der Waals surface area contributed by atoms with Crippen molar-refractivity contribution in [2.75, 3.05) is 26.3 Å². The number of aliphatic carboxylic acids is 1. The van der Waals surface area contributed by atoms with Gasteiger partial charge in [0.25, 0.3) is 5.91 Å². The maximum Gasteiger partial charge on any atom is 0.311 e. The van der Waals surface area contributed by atoms with Crippen molar-refractivity contribution in [2.24, 2.45) is 11.3 Å². The van der Waals surface area contributed by atoms with Gasteiger partial charge in [0.2, 0.25) is 0 Å². The number of hydrogen-bond acceptors (Lipinski definition) is 4. The molecule has 0 spiro atoms. The maximum atomic E-state index is 14.1. The number of aromatic nitrogens is 2. The first kappa shape index (κ1) is 17.7. The summed E-state index contributed by atoms with van der Waals surface area (Å²) >= 11 is 0. The van der Waals surface area contributed by atoms with E-state index in [9.17, 15) is 19.1 Å². The molecule has 2 aromatic rings. The molecule has 1 aromatic heterocycles. The lowest BCUT2D eigenvalue weighted by Crippen LogP contribution is -2.45. The number of para-hydroxylation sites is 1. The fourth-order valence-corrected chi connectivity index (χ4v) is 4.11. The fourth-order valence-electron chi connectivity index (χ4n) is 4.11. The molecule has 0 radical (unpaired) electrons. The number of carbonyl (C=O) groups excluding carboxylic acids is 1. The lowest BCUT2D eigenvalue weighted by atomic mass is 9.74. The summed E-state index contributed by atoms with van der Waals surface area (Å²) in [6.45, 7) is 2.90. The first-order valence-corrected chi connectivity index (χ1v) is 8.84. The van der Waals surface area contributed by atoms with Gasteiger partial charge in [-0.15, -0.1) is 0 Å². The quantitative estimate of drug-likeness (QED) is 0.888. The van der Waals surface area contributed by atoms with Crippen LogP contribution in [0.4, 0.5) is 4.39 Å². The molecule has 2 aliphatic rings. The van der Waals surface area contributed by atoms with Crippen molar-refractivity contribution < 1.29 is 23.8 Å². The normalized spacial score (nSPS) is 24.7. The highest BCUT2D eigenvalue weighted by Crippen LogP contribution is 2.43. The summed E-state index contributed by atoms with van der Waals surface area (Å²) in [6.07, 6.45) is 1.81. The van der Waals surface area contributed by atoms with Crippen molar-refractivity contribution in [3.8, 4) is 5.69 Å². The molecule has 4 rings (SSSR count). The zero-order chi connectivity index (χ0) is 19.2. The van der Waals surface area contributed by atoms with Crippen LogP contribution in [0.25, 0.3) is 5.69 Å². The molecule has 3 heterocycles. The minimum absolute atomic E-state index is 0.152. The Balaban J connectivity index is 1.63. The highest BCUT2D eigenvalue weighted by molar-refractivity contribution is 5.96. The van der Waals surface area contributed by atoms with Gasteiger partial charge in [0.05, 0.1) is 29.5 Å². The van der Waals surface area contributed by atoms with E-state index >= 15 is 0 Å². The molecule has 0 saturated carbocycles. The average molecular weight is 373 g/mol. The monoisotopic (exact) mass is 373 g/mol. The van der Waals surface area contributed by atoms with Crippen LogP contribution in [0.2, 0.25) is 0 Å². The number of ether oxygens (including phenoxy) is 1. The molecule has 27 heavy (non-hydrogen) atoms. The zero-order valence-electron chi connectivity index (χ0n) is 14.9. The molecule has 142 valence electrons. The van der Waals surface area contributed by atoms with Crippen LogP contribution in [0, 0.1) is 24.1 Å². The Kier molecular flexibility index (Phi) is 4.22. The van der Waals surface area contributed by atoms with Crippen LogP contribution in [-0.2, 0) is 9.53 Å². The van der Waals surface area contributed by atoms with Crippen molar-refractivity contribution in [3.63, 3.8) is 0 Å². The summed E-state index contributed by atoms with van der Waals surface area (Å²) in [5.41, 5.74) is 0.169. The number of amides is 1. The average Bonchev–Trinajstić information content (AvgIpc) is 3.23. The van der Waals surface area contributed by atoms with E-state index in [4.69, 9.17) is 4.74 Å². The predicted molar refractivity (Wildman–Crippen MR) is 93.2 cm³/mol. The highest BCUT2D eigenvalue weighted by atomic mass is 19.1. The molecule has 8 heteroatoms. The van der Waals surface area contributed by atoms with Gasteiger partial charge in [0, 0.05) is 25.6 Å². The second kappa shape index (κ2) is 6.45. The van der Waals surface area contributed by atoms with E-state index in [-0.39, 0.29) is 24.1 Å². The van der Waals surface area contributed by atoms with Gasteiger partial charge in [-0.2, -0.15) is 5.10 Å². The molecule has 2 atom stereocenters. The topological polar surface area (TPSA) is 84.7 Å². The third-order valence-corrected chi connectivity index (χ3v) is 5.74. The van der Waals surface area contributed by atoms with Gasteiger partial charge in [0.1, 0.15) is 11.5 Å². The van der Waals surface area contributed by atoms with E-state index in [2.05, 4.69) is 5.10 Å². The van der Waals surface area contributed by atoms with Crippen molar-refractivity contribution in [1.82, 2.24) is 14.7 Å². The van der Waals surface area contributed by atoms with Crippen LogP contribution in [0.15, 0.2) is 30.5 Å². The lowest BCUT2D eigenvalue weighted by Gasteiger charge is -2.33. The fraction of sp³-hybridized carbons (Fsp3) is 0.421. The number of nitrogens with zero attached hydrogens (tertiary/aromatic N) is 3. The Labute approximate surface area is 155 Å². The van der Waals surface area contributed by atoms with E-state index in [1.807, 2.05) is 0 Å². The van der Waals surface area contributed by atoms with Gasteiger partial charge >= 0.3 is 5.97 Å². The Bertz CT molecular complexity index is 912. The molecule has 1 amide bonds. The predicted octanol–water partition coefficient (Wildman–Crippen LogP) is 1.88. The molecular weight excluding hydrogens is 353 g/mol. The molecule has 0 aliphatic carbocycles. The second-order valence-corrected chi connectivity index (χ2v) is 7.18. The number of hydrogen-bond donors (Lipinski definition) is 1. The third-order valence-electron chi connectivity index (χ3n) is 5.74. The standard InChI is InChI=1S/C19H20FN3O4/c1-12-14(8-21-23(12)16-5-3-2-4-15(16)20)17(24)22-9-13-10-27-7-6-19(13,11-22)18(25)26/h2-5,8,13H,6-7,9-11H2,1H3,(H,25,26)/t13-,19+/m0/s1. The van der Waals surface area contributed by atoms with Crippen molar-refractivity contribution in [1.29, 1.82) is 0 Å². The summed E-state index contributed by atoms with van der Waals surface area (Å²) in [7, 11) is 0. The van der Waals surface area contributed by atoms with Gasteiger partial charge in [-0.1, -0.05) is 12.1 Å². The first-order chi connectivity index (χ1) is 12.9. The smallest absolute Gasteiger partial charge is 0.311 e. The van der Waals surface area contributed by atoms with Crippen LogP contribution in [0.5, 0.6) is 0 Å². The van der Waals surface area contributed by atoms with Gasteiger partial charge in [-0.05, 0) is 25.5 Å². The van der Waals surface area contributed by atoms with E-state index in [0.29, 0.717) is 37.4 Å². The maximum absolute atomic E-state index is 14.1. The lowest BCUT2D eigenvalue weighted by molar-refractivity contribution is -0.157. The minimum atomic E-state index is -0.955. The van der Waals surface area contributed by atoms with E-state index in [1.165, 1.54) is 16.9 Å². The summed E-state index contributed by atoms with van der Waals surface area (Å²) in [5, 5.41) is 13.9. The molecule has 0 bridgehead atoms. The van der Waals surface area contributed by atoms with E-state index < -0.39 is 17.2 Å². The Morgan fingerprint density at radius 3 is 2.85 bits per heavy atom. The van der Waals surface area contributed by atoms with Gasteiger partial charge < -0.3 is 14.7 Å². The van der Waals surface area contributed by atoms with E-state index in [0.717, 1.165) is 0 Å². The number of carboxylic acids is 1. The molecule has 1 aromatic carbocycles. The number of likely N-dealkylation sites (tertiary alicyclic amines) is 1.